The fourth-order valence-electron chi connectivity index (χ4n) is 3.07. The number of hydrogen-bond acceptors (Lipinski definition) is 4. The van der Waals surface area contributed by atoms with E-state index < -0.39 is 0 Å². The molecule has 4 rings (SSSR count). The van der Waals surface area contributed by atoms with E-state index in [2.05, 4.69) is 40.3 Å². The Kier molecular flexibility index (Phi) is 5.06. The summed E-state index contributed by atoms with van der Waals surface area (Å²) in [5.74, 6) is 0.795. The van der Waals surface area contributed by atoms with Crippen molar-refractivity contribution in [3.63, 3.8) is 0 Å². The van der Waals surface area contributed by atoms with Crippen molar-refractivity contribution in [3.8, 4) is 5.75 Å². The van der Waals surface area contributed by atoms with Gasteiger partial charge >= 0.3 is 0 Å². The molecular formula is C23H21N3O. The zero-order valence-corrected chi connectivity index (χ0v) is 15.3. The second-order valence-corrected chi connectivity index (χ2v) is 6.38. The van der Waals surface area contributed by atoms with Crippen LogP contribution >= 0.6 is 0 Å². The lowest BCUT2D eigenvalue weighted by Crippen LogP contribution is -1.97. The van der Waals surface area contributed by atoms with E-state index in [0.29, 0.717) is 6.61 Å². The van der Waals surface area contributed by atoms with Crippen LogP contribution < -0.4 is 4.74 Å². The highest BCUT2D eigenvalue weighted by Gasteiger charge is 2.08. The van der Waals surface area contributed by atoms with Crippen molar-refractivity contribution in [2.24, 2.45) is 10.2 Å². The van der Waals surface area contributed by atoms with E-state index in [1.165, 1.54) is 0 Å². The van der Waals surface area contributed by atoms with E-state index in [-0.39, 0.29) is 0 Å². The van der Waals surface area contributed by atoms with Crippen LogP contribution in [0.5, 0.6) is 5.75 Å². The molecule has 0 bridgehead atoms. The van der Waals surface area contributed by atoms with Crippen molar-refractivity contribution in [1.82, 2.24) is 4.98 Å². The Hall–Kier alpha value is -3.27. The number of rotatable bonds is 6. The van der Waals surface area contributed by atoms with Gasteiger partial charge in [0.1, 0.15) is 11.3 Å². The van der Waals surface area contributed by atoms with Crippen LogP contribution in [0.4, 0.5) is 11.4 Å². The topological polar surface area (TPSA) is 46.8 Å². The minimum atomic E-state index is 0.693. The molecule has 0 amide bonds. The van der Waals surface area contributed by atoms with Crippen molar-refractivity contribution in [3.05, 3.63) is 72.9 Å². The lowest BCUT2D eigenvalue weighted by Gasteiger charge is -2.09. The highest BCUT2D eigenvalue weighted by Crippen LogP contribution is 2.34. The van der Waals surface area contributed by atoms with E-state index in [4.69, 9.17) is 4.74 Å². The molecule has 0 aliphatic heterocycles. The van der Waals surface area contributed by atoms with E-state index in [1.54, 1.807) is 6.20 Å². The molecule has 1 heterocycles. The number of ether oxygens (including phenoxy) is 1. The number of fused-ring (bicyclic) bond motifs is 2. The molecule has 4 aromatic rings. The van der Waals surface area contributed by atoms with Crippen LogP contribution in [0.25, 0.3) is 21.7 Å². The molecule has 0 atom stereocenters. The maximum atomic E-state index is 5.90. The zero-order chi connectivity index (χ0) is 18.5. The van der Waals surface area contributed by atoms with Crippen LogP contribution in [0, 0.1) is 0 Å². The first-order chi connectivity index (χ1) is 13.4. The summed E-state index contributed by atoms with van der Waals surface area (Å²) in [6.45, 7) is 2.84. The first-order valence-corrected chi connectivity index (χ1v) is 9.27. The number of azo groups is 1. The van der Waals surface area contributed by atoms with Gasteiger partial charge in [0.2, 0.25) is 0 Å². The van der Waals surface area contributed by atoms with Crippen molar-refractivity contribution in [2.75, 3.05) is 6.61 Å². The molecule has 0 radical (unpaired) electrons. The lowest BCUT2D eigenvalue weighted by atomic mass is 10.1. The first-order valence-electron chi connectivity index (χ1n) is 9.27. The fraction of sp³-hybridized carbons (Fsp3) is 0.174. The predicted octanol–water partition coefficient (Wildman–Crippen LogP) is 6.98. The van der Waals surface area contributed by atoms with E-state index in [0.717, 1.165) is 51.6 Å². The molecule has 0 spiro atoms. The van der Waals surface area contributed by atoms with Crippen molar-refractivity contribution in [2.45, 2.75) is 19.8 Å². The van der Waals surface area contributed by atoms with Gasteiger partial charge in [-0.25, -0.2) is 0 Å². The van der Waals surface area contributed by atoms with Crippen LogP contribution in [0.3, 0.4) is 0 Å². The molecule has 0 fully saturated rings. The number of benzene rings is 3. The van der Waals surface area contributed by atoms with Crippen LogP contribution in [-0.2, 0) is 0 Å². The van der Waals surface area contributed by atoms with Gasteiger partial charge in [-0.15, -0.1) is 10.2 Å². The molecular weight excluding hydrogens is 334 g/mol. The molecule has 0 aliphatic rings. The summed E-state index contributed by atoms with van der Waals surface area (Å²) in [6, 6.07) is 22.0. The summed E-state index contributed by atoms with van der Waals surface area (Å²) in [5.41, 5.74) is 2.46. The third kappa shape index (κ3) is 3.65. The molecule has 0 aliphatic carbocycles. The SMILES string of the molecule is CCCCOc1ccc(N=Nc2cccc3ccccc23)c2cccnc12. The number of aromatic nitrogens is 1. The van der Waals surface area contributed by atoms with Crippen LogP contribution in [0.15, 0.2) is 83.2 Å². The Labute approximate surface area is 158 Å². The van der Waals surface area contributed by atoms with Gasteiger partial charge in [0.05, 0.1) is 18.0 Å². The average molecular weight is 355 g/mol. The Morgan fingerprint density at radius 1 is 0.815 bits per heavy atom. The highest BCUT2D eigenvalue weighted by molar-refractivity contribution is 5.94. The smallest absolute Gasteiger partial charge is 0.145 e. The lowest BCUT2D eigenvalue weighted by molar-refractivity contribution is 0.312. The normalized spacial score (nSPS) is 11.4. The van der Waals surface area contributed by atoms with Gasteiger partial charge in [-0.2, -0.15) is 0 Å². The minimum Gasteiger partial charge on any atom is -0.491 e. The van der Waals surface area contributed by atoms with Gasteiger partial charge in [0, 0.05) is 17.0 Å². The Morgan fingerprint density at radius 2 is 1.59 bits per heavy atom. The largest absolute Gasteiger partial charge is 0.491 e. The quantitative estimate of drug-likeness (QED) is 0.276. The molecule has 0 saturated heterocycles. The fourth-order valence-corrected chi connectivity index (χ4v) is 3.07. The summed E-state index contributed by atoms with van der Waals surface area (Å²) in [4.78, 5) is 4.50. The Bertz CT molecular complexity index is 1100. The zero-order valence-electron chi connectivity index (χ0n) is 15.3. The number of hydrogen-bond donors (Lipinski definition) is 0. The van der Waals surface area contributed by atoms with Gasteiger partial charge in [-0.05, 0) is 42.1 Å². The molecule has 3 aromatic carbocycles. The number of pyridine rings is 1. The molecule has 4 heteroatoms. The van der Waals surface area contributed by atoms with Crippen LogP contribution in [0.1, 0.15) is 19.8 Å². The molecule has 0 unspecified atom stereocenters. The van der Waals surface area contributed by atoms with Gasteiger partial charge < -0.3 is 4.74 Å². The molecule has 0 N–H and O–H groups in total. The van der Waals surface area contributed by atoms with Gasteiger partial charge in [-0.3, -0.25) is 4.98 Å². The molecule has 27 heavy (non-hydrogen) atoms. The van der Waals surface area contributed by atoms with Crippen LogP contribution in [-0.4, -0.2) is 11.6 Å². The molecule has 1 aromatic heterocycles. The Morgan fingerprint density at radius 3 is 2.48 bits per heavy atom. The standard InChI is InChI=1S/C23H21N3O/c1-2-3-16-27-22-14-13-21(19-11-7-15-24-23(19)22)26-25-20-12-6-9-17-8-4-5-10-18(17)20/h4-15H,2-3,16H2,1H3. The number of nitrogens with zero attached hydrogens (tertiary/aromatic N) is 3. The summed E-state index contributed by atoms with van der Waals surface area (Å²) >= 11 is 0. The molecule has 4 nitrogen and oxygen atoms in total. The maximum absolute atomic E-state index is 5.90. The van der Waals surface area contributed by atoms with Gasteiger partial charge in [0.15, 0.2) is 0 Å². The summed E-state index contributed by atoms with van der Waals surface area (Å²) < 4.78 is 5.90. The highest BCUT2D eigenvalue weighted by atomic mass is 16.5. The second kappa shape index (κ2) is 7.96. The van der Waals surface area contributed by atoms with Crippen LogP contribution in [0.2, 0.25) is 0 Å². The van der Waals surface area contributed by atoms with Crippen molar-refractivity contribution in [1.29, 1.82) is 0 Å². The summed E-state index contributed by atoms with van der Waals surface area (Å²) in [5, 5.41) is 12.2. The molecule has 134 valence electrons. The summed E-state index contributed by atoms with van der Waals surface area (Å²) in [6.07, 6.45) is 3.90. The van der Waals surface area contributed by atoms with Crippen molar-refractivity contribution >= 4 is 33.1 Å². The first kappa shape index (κ1) is 17.2. The van der Waals surface area contributed by atoms with E-state index in [9.17, 15) is 0 Å². The van der Waals surface area contributed by atoms with Crippen molar-refractivity contribution < 1.29 is 4.74 Å². The Balaban J connectivity index is 1.72. The maximum Gasteiger partial charge on any atom is 0.145 e. The second-order valence-electron chi connectivity index (χ2n) is 6.38. The third-order valence-corrected chi connectivity index (χ3v) is 4.50. The molecule has 0 saturated carbocycles. The van der Waals surface area contributed by atoms with Gasteiger partial charge in [-0.1, -0.05) is 49.7 Å². The monoisotopic (exact) mass is 355 g/mol. The summed E-state index contributed by atoms with van der Waals surface area (Å²) in [7, 11) is 0. The van der Waals surface area contributed by atoms with E-state index in [1.807, 2.05) is 48.5 Å². The van der Waals surface area contributed by atoms with Gasteiger partial charge in [0.25, 0.3) is 0 Å². The van der Waals surface area contributed by atoms with E-state index >= 15 is 0 Å². The predicted molar refractivity (Wildman–Crippen MR) is 110 cm³/mol. The minimum absolute atomic E-state index is 0.693. The number of unbranched alkanes of at least 4 members (excludes halogenated alkanes) is 1. The average Bonchev–Trinajstić information content (AvgIpc) is 2.73. The third-order valence-electron chi connectivity index (χ3n) is 4.50.